The topological polar surface area (TPSA) is 53.3 Å². The molecule has 0 rings (SSSR count). The molecule has 0 aromatic rings. The lowest BCUT2D eigenvalue weighted by Crippen LogP contribution is -2.10. The van der Waals surface area contributed by atoms with Crippen LogP contribution in [0.2, 0.25) is 0 Å². The van der Waals surface area contributed by atoms with Gasteiger partial charge in [-0.15, -0.1) is 0 Å². The number of hydrogen-bond donors (Lipinski definition) is 2. The van der Waals surface area contributed by atoms with E-state index in [0.717, 1.165) is 12.6 Å². The molecule has 0 aliphatic heterocycles. The summed E-state index contributed by atoms with van der Waals surface area (Å²) in [4.78, 5) is 3.90. The first-order chi connectivity index (χ1) is 3.85. The molecule has 1 atom stereocenters. The van der Waals surface area contributed by atoms with Crippen LogP contribution in [0.3, 0.4) is 0 Å². The molecule has 3 heteroatoms. The van der Waals surface area contributed by atoms with Gasteiger partial charge in [0.1, 0.15) is 6.10 Å². The van der Waals surface area contributed by atoms with E-state index in [-0.39, 0.29) is 0 Å². The summed E-state index contributed by atoms with van der Waals surface area (Å²) in [6, 6.07) is 0. The molecule has 0 aromatic carbocycles. The molecule has 8 heavy (non-hydrogen) atoms. The van der Waals surface area contributed by atoms with Gasteiger partial charge in [-0.25, -0.2) is 4.89 Å². The minimum absolute atomic E-state index is 0.403. The third-order valence-electron chi connectivity index (χ3n) is 0.894. The Bertz CT molecular complexity index is 65.4. The van der Waals surface area contributed by atoms with Gasteiger partial charge in [0, 0.05) is 6.21 Å². The van der Waals surface area contributed by atoms with Gasteiger partial charge in [-0.1, -0.05) is 13.3 Å². The zero-order valence-electron chi connectivity index (χ0n) is 4.92. The van der Waals surface area contributed by atoms with E-state index >= 15 is 0 Å². The maximum Gasteiger partial charge on any atom is 0.127 e. The van der Waals surface area contributed by atoms with Gasteiger partial charge in [0.15, 0.2) is 0 Å². The second-order valence-electron chi connectivity index (χ2n) is 1.60. The Morgan fingerprint density at radius 2 is 2.50 bits per heavy atom. The van der Waals surface area contributed by atoms with Crippen molar-refractivity contribution in [3.05, 3.63) is 0 Å². The lowest BCUT2D eigenvalue weighted by molar-refractivity contribution is -0.260. The molecule has 2 N–H and O–H groups in total. The van der Waals surface area contributed by atoms with Crippen molar-refractivity contribution in [1.82, 2.24) is 0 Å². The van der Waals surface area contributed by atoms with Crippen molar-refractivity contribution in [3.8, 4) is 0 Å². The number of hydrogen-bond acceptors (Lipinski definition) is 3. The molecule has 0 bridgehead atoms. The molecule has 0 saturated carbocycles. The second-order valence-corrected chi connectivity index (χ2v) is 1.60. The van der Waals surface area contributed by atoms with Gasteiger partial charge in [-0.2, -0.15) is 0 Å². The van der Waals surface area contributed by atoms with E-state index in [9.17, 15) is 0 Å². The van der Waals surface area contributed by atoms with E-state index in [1.807, 2.05) is 6.92 Å². The van der Waals surface area contributed by atoms with Crippen molar-refractivity contribution in [1.29, 1.82) is 5.41 Å². The minimum atomic E-state index is -0.403. The Kier molecular flexibility index (Phi) is 4.50. The number of nitrogens with one attached hydrogen (secondary N) is 1. The summed E-state index contributed by atoms with van der Waals surface area (Å²) >= 11 is 0. The third-order valence-corrected chi connectivity index (χ3v) is 0.894. The van der Waals surface area contributed by atoms with Crippen LogP contribution in [0.5, 0.6) is 0 Å². The van der Waals surface area contributed by atoms with Crippen LogP contribution in [-0.4, -0.2) is 17.6 Å². The first kappa shape index (κ1) is 7.59. The van der Waals surface area contributed by atoms with Crippen molar-refractivity contribution in [2.24, 2.45) is 0 Å². The Balaban J connectivity index is 3.21. The zero-order valence-corrected chi connectivity index (χ0v) is 4.92. The van der Waals surface area contributed by atoms with Gasteiger partial charge in [-0.05, 0) is 6.42 Å². The summed E-state index contributed by atoms with van der Waals surface area (Å²) in [5.74, 6) is 0. The van der Waals surface area contributed by atoms with Crippen LogP contribution in [0.4, 0.5) is 0 Å². The molecule has 0 aliphatic rings. The maximum absolute atomic E-state index is 8.01. The normalized spacial score (nSPS) is 13.2. The van der Waals surface area contributed by atoms with E-state index in [2.05, 4.69) is 4.89 Å². The van der Waals surface area contributed by atoms with Crippen molar-refractivity contribution in [2.45, 2.75) is 25.9 Å². The molecule has 48 valence electrons. The van der Waals surface area contributed by atoms with Gasteiger partial charge in [0.25, 0.3) is 0 Å². The highest BCUT2D eigenvalue weighted by molar-refractivity contribution is 5.58. The molecule has 0 saturated heterocycles. The zero-order chi connectivity index (χ0) is 6.41. The second kappa shape index (κ2) is 4.74. The molecule has 0 fully saturated rings. The molecular weight excluding hydrogens is 106 g/mol. The first-order valence-electron chi connectivity index (χ1n) is 2.66. The SMILES string of the molecule is CCCC(C=N)OO. The summed E-state index contributed by atoms with van der Waals surface area (Å²) in [7, 11) is 0. The quantitative estimate of drug-likeness (QED) is 0.331. The Morgan fingerprint density at radius 3 is 2.62 bits per heavy atom. The molecule has 3 nitrogen and oxygen atoms in total. The van der Waals surface area contributed by atoms with E-state index in [1.54, 1.807) is 0 Å². The van der Waals surface area contributed by atoms with Gasteiger partial charge < -0.3 is 5.41 Å². The summed E-state index contributed by atoms with van der Waals surface area (Å²) in [5, 5.41) is 14.7. The molecule has 0 spiro atoms. The predicted octanol–water partition coefficient (Wildman–Crippen LogP) is 1.29. The largest absolute Gasteiger partial charge is 0.310 e. The van der Waals surface area contributed by atoms with Crippen LogP contribution in [0, 0.1) is 5.41 Å². The van der Waals surface area contributed by atoms with Crippen molar-refractivity contribution in [2.75, 3.05) is 0 Å². The highest BCUT2D eigenvalue weighted by Crippen LogP contribution is 1.95. The first-order valence-corrected chi connectivity index (χ1v) is 2.66. The lowest BCUT2D eigenvalue weighted by atomic mass is 10.2. The Morgan fingerprint density at radius 1 is 1.88 bits per heavy atom. The lowest BCUT2D eigenvalue weighted by Gasteiger charge is -2.02. The maximum atomic E-state index is 8.01. The molecule has 0 amide bonds. The number of rotatable bonds is 4. The molecular formula is C5H11NO2. The van der Waals surface area contributed by atoms with E-state index < -0.39 is 6.10 Å². The summed E-state index contributed by atoms with van der Waals surface area (Å²) in [5.41, 5.74) is 0. The monoisotopic (exact) mass is 117 g/mol. The van der Waals surface area contributed by atoms with Gasteiger partial charge in [-0.3, -0.25) is 5.26 Å². The van der Waals surface area contributed by atoms with Crippen LogP contribution in [0.15, 0.2) is 0 Å². The van der Waals surface area contributed by atoms with E-state index in [1.165, 1.54) is 0 Å². The van der Waals surface area contributed by atoms with Gasteiger partial charge in [0.2, 0.25) is 0 Å². The predicted molar refractivity (Wildman–Crippen MR) is 31.2 cm³/mol. The molecule has 0 aromatic heterocycles. The highest BCUT2D eigenvalue weighted by Gasteiger charge is 2.00. The van der Waals surface area contributed by atoms with Crippen LogP contribution >= 0.6 is 0 Å². The van der Waals surface area contributed by atoms with Crippen molar-refractivity contribution in [3.63, 3.8) is 0 Å². The van der Waals surface area contributed by atoms with E-state index in [4.69, 9.17) is 10.7 Å². The van der Waals surface area contributed by atoms with Crippen molar-refractivity contribution >= 4 is 6.21 Å². The van der Waals surface area contributed by atoms with E-state index in [0.29, 0.717) is 6.42 Å². The minimum Gasteiger partial charge on any atom is -0.310 e. The molecule has 0 radical (unpaired) electrons. The smallest absolute Gasteiger partial charge is 0.127 e. The fourth-order valence-electron chi connectivity index (χ4n) is 0.451. The fraction of sp³-hybridized carbons (Fsp3) is 0.800. The van der Waals surface area contributed by atoms with Crippen LogP contribution < -0.4 is 0 Å². The third kappa shape index (κ3) is 2.71. The van der Waals surface area contributed by atoms with Gasteiger partial charge >= 0.3 is 0 Å². The summed E-state index contributed by atoms with van der Waals surface area (Å²) in [6.45, 7) is 1.97. The standard InChI is InChI=1S/C5H11NO2/c1-2-3-5(4-6)8-7/h4-7H,2-3H2,1H3. The molecule has 1 unspecified atom stereocenters. The fourth-order valence-corrected chi connectivity index (χ4v) is 0.451. The highest BCUT2D eigenvalue weighted by atomic mass is 17.1. The van der Waals surface area contributed by atoms with Gasteiger partial charge in [0.05, 0.1) is 0 Å². The average molecular weight is 117 g/mol. The summed E-state index contributed by atoms with van der Waals surface area (Å²) in [6.07, 6.45) is 2.31. The van der Waals surface area contributed by atoms with Crippen LogP contribution in [0.25, 0.3) is 0 Å². The molecule has 0 aliphatic carbocycles. The molecule has 0 heterocycles. The Labute approximate surface area is 48.7 Å². The Hall–Kier alpha value is -0.410. The van der Waals surface area contributed by atoms with Crippen molar-refractivity contribution < 1.29 is 10.1 Å². The summed E-state index contributed by atoms with van der Waals surface area (Å²) < 4.78 is 0. The van der Waals surface area contributed by atoms with Crippen LogP contribution in [0.1, 0.15) is 19.8 Å². The average Bonchev–Trinajstić information content (AvgIpc) is 1.83. The van der Waals surface area contributed by atoms with Crippen LogP contribution in [-0.2, 0) is 4.89 Å².